The number of anilines is 1. The average molecular weight is 461 g/mol. The molecule has 0 aromatic heterocycles. The van der Waals surface area contributed by atoms with Gasteiger partial charge in [0.05, 0.1) is 22.8 Å². The third-order valence-electron chi connectivity index (χ3n) is 9.47. The fraction of sp³-hybridized carbons (Fsp3) is 0.731. The molecule has 5 rings (SSSR count). The normalized spacial score (nSPS) is 41.4. The predicted molar refractivity (Wildman–Crippen MR) is 123 cm³/mol. The van der Waals surface area contributed by atoms with Crippen LogP contribution in [0.15, 0.2) is 24.3 Å². The van der Waals surface area contributed by atoms with Gasteiger partial charge in [-0.25, -0.2) is 4.39 Å². The number of esters is 1. The standard InChI is InChI=1S/C26H37FN2O4/c1-24-9-6-10-25(2,32-3)26(24,31)15-18-19(23(30)33-22(18)16-24)17-28-11-13-29(14-12-28)21-8-5-4-7-20(21)27/h4-5,7-8,18-19,22,31H,6,9-17H2,1-3H3/t18-,19+,22-,24-,25-,26-/m1/s1. The summed E-state index contributed by atoms with van der Waals surface area (Å²) in [6.45, 7) is 7.78. The number of carbonyl (C=O) groups excluding carboxylic acids is 1. The molecule has 182 valence electrons. The molecule has 0 bridgehead atoms. The van der Waals surface area contributed by atoms with Crippen molar-refractivity contribution in [3.8, 4) is 0 Å². The topological polar surface area (TPSA) is 62.2 Å². The summed E-state index contributed by atoms with van der Waals surface area (Å²) in [5.74, 6) is -0.578. The maximum Gasteiger partial charge on any atom is 0.310 e. The quantitative estimate of drug-likeness (QED) is 0.697. The van der Waals surface area contributed by atoms with Crippen molar-refractivity contribution < 1.29 is 23.8 Å². The van der Waals surface area contributed by atoms with Gasteiger partial charge in [0.15, 0.2) is 0 Å². The summed E-state index contributed by atoms with van der Waals surface area (Å²) in [5, 5.41) is 12.1. The predicted octanol–water partition coefficient (Wildman–Crippen LogP) is 3.23. The third kappa shape index (κ3) is 3.58. The van der Waals surface area contributed by atoms with Gasteiger partial charge in [-0.15, -0.1) is 0 Å². The molecule has 6 atom stereocenters. The van der Waals surface area contributed by atoms with E-state index in [0.717, 1.165) is 45.4 Å². The van der Waals surface area contributed by atoms with Gasteiger partial charge in [0.25, 0.3) is 0 Å². The second-order valence-corrected chi connectivity index (χ2v) is 11.1. The number of halogens is 1. The maximum atomic E-state index is 14.2. The Morgan fingerprint density at radius 1 is 1.15 bits per heavy atom. The fourth-order valence-electron chi connectivity index (χ4n) is 7.25. The van der Waals surface area contributed by atoms with Crippen LogP contribution in [-0.2, 0) is 14.3 Å². The first kappa shape index (κ1) is 23.1. The van der Waals surface area contributed by atoms with Crippen LogP contribution in [0.2, 0.25) is 0 Å². The highest BCUT2D eigenvalue weighted by Crippen LogP contribution is 2.61. The van der Waals surface area contributed by atoms with Crippen molar-refractivity contribution in [3.05, 3.63) is 30.1 Å². The van der Waals surface area contributed by atoms with Gasteiger partial charge < -0.3 is 19.5 Å². The van der Waals surface area contributed by atoms with E-state index in [-0.39, 0.29) is 35.1 Å². The van der Waals surface area contributed by atoms with Crippen LogP contribution in [0.1, 0.15) is 46.0 Å². The minimum absolute atomic E-state index is 0.00672. The first-order valence-electron chi connectivity index (χ1n) is 12.4. The molecule has 2 saturated heterocycles. The van der Waals surface area contributed by atoms with Crippen LogP contribution >= 0.6 is 0 Å². The van der Waals surface area contributed by atoms with Gasteiger partial charge in [0.1, 0.15) is 11.9 Å². The minimum atomic E-state index is -0.982. The van der Waals surface area contributed by atoms with Crippen LogP contribution < -0.4 is 4.90 Å². The van der Waals surface area contributed by atoms with Crippen molar-refractivity contribution in [1.29, 1.82) is 0 Å². The average Bonchev–Trinajstić information content (AvgIpc) is 3.07. The summed E-state index contributed by atoms with van der Waals surface area (Å²) in [4.78, 5) is 17.3. The van der Waals surface area contributed by atoms with Crippen molar-refractivity contribution in [3.63, 3.8) is 0 Å². The highest BCUT2D eigenvalue weighted by atomic mass is 19.1. The molecule has 2 saturated carbocycles. The lowest BCUT2D eigenvalue weighted by Gasteiger charge is -2.62. The molecule has 1 N–H and O–H groups in total. The zero-order valence-electron chi connectivity index (χ0n) is 20.1. The Balaban J connectivity index is 1.29. The molecule has 2 aliphatic heterocycles. The van der Waals surface area contributed by atoms with Crippen molar-refractivity contribution in [2.45, 2.75) is 63.3 Å². The van der Waals surface area contributed by atoms with E-state index >= 15 is 0 Å². The monoisotopic (exact) mass is 460 g/mol. The molecule has 2 heterocycles. The number of benzene rings is 1. The number of hydrogen-bond acceptors (Lipinski definition) is 6. The molecule has 1 aromatic carbocycles. The Labute approximate surface area is 196 Å². The Kier molecular flexibility index (Phi) is 5.73. The Morgan fingerprint density at radius 3 is 2.58 bits per heavy atom. The van der Waals surface area contributed by atoms with E-state index in [2.05, 4.69) is 16.7 Å². The van der Waals surface area contributed by atoms with Gasteiger partial charge in [0, 0.05) is 51.2 Å². The molecule has 2 aliphatic carbocycles. The smallest absolute Gasteiger partial charge is 0.310 e. The number of methoxy groups -OCH3 is 1. The Morgan fingerprint density at radius 2 is 1.88 bits per heavy atom. The van der Waals surface area contributed by atoms with Crippen LogP contribution in [0, 0.1) is 23.1 Å². The number of fused-ring (bicyclic) bond motifs is 2. The number of carbonyl (C=O) groups is 1. The molecule has 6 nitrogen and oxygen atoms in total. The van der Waals surface area contributed by atoms with Crippen LogP contribution in [-0.4, -0.2) is 73.1 Å². The number of piperazine rings is 1. The first-order chi connectivity index (χ1) is 15.7. The summed E-state index contributed by atoms with van der Waals surface area (Å²) in [6, 6.07) is 6.89. The van der Waals surface area contributed by atoms with Crippen LogP contribution in [0.25, 0.3) is 0 Å². The van der Waals surface area contributed by atoms with E-state index in [1.807, 2.05) is 19.1 Å². The molecule has 0 unspecified atom stereocenters. The molecule has 7 heteroatoms. The molecule has 0 amide bonds. The zero-order valence-corrected chi connectivity index (χ0v) is 20.1. The van der Waals surface area contributed by atoms with E-state index in [0.29, 0.717) is 25.1 Å². The van der Waals surface area contributed by atoms with E-state index in [9.17, 15) is 14.3 Å². The van der Waals surface area contributed by atoms with Crippen LogP contribution in [0.3, 0.4) is 0 Å². The maximum absolute atomic E-state index is 14.2. The lowest BCUT2D eigenvalue weighted by Crippen LogP contribution is -2.69. The van der Waals surface area contributed by atoms with Gasteiger partial charge >= 0.3 is 5.97 Å². The fourth-order valence-corrected chi connectivity index (χ4v) is 7.25. The number of para-hydroxylation sites is 1. The van der Waals surface area contributed by atoms with Crippen molar-refractivity contribution in [2.24, 2.45) is 17.3 Å². The molecule has 4 fully saturated rings. The number of nitrogens with zero attached hydrogens (tertiary/aromatic N) is 2. The number of rotatable bonds is 4. The number of hydrogen-bond donors (Lipinski definition) is 1. The van der Waals surface area contributed by atoms with Crippen molar-refractivity contribution in [2.75, 3.05) is 44.7 Å². The van der Waals surface area contributed by atoms with Gasteiger partial charge in [-0.2, -0.15) is 0 Å². The van der Waals surface area contributed by atoms with Gasteiger partial charge in [-0.05, 0) is 51.2 Å². The Hall–Kier alpha value is -1.70. The molecule has 0 spiro atoms. The molecule has 1 aromatic rings. The number of ether oxygens (including phenoxy) is 2. The molecule has 4 aliphatic rings. The highest BCUT2D eigenvalue weighted by molar-refractivity contribution is 5.75. The first-order valence-corrected chi connectivity index (χ1v) is 12.4. The summed E-state index contributed by atoms with van der Waals surface area (Å²) in [6.07, 6.45) is 3.84. The van der Waals surface area contributed by atoms with E-state index in [4.69, 9.17) is 9.47 Å². The van der Waals surface area contributed by atoms with E-state index in [1.165, 1.54) is 6.07 Å². The van der Waals surface area contributed by atoms with Gasteiger partial charge in [0.2, 0.25) is 0 Å². The van der Waals surface area contributed by atoms with E-state index < -0.39 is 11.2 Å². The SMILES string of the molecule is CO[C@]1(C)CCC[C@]2(C)C[C@H]3OC(=O)[C@@H](CN4CCN(c5ccccc5F)CC4)[C@H]3C[C@@]21O. The van der Waals surface area contributed by atoms with Crippen LogP contribution in [0.5, 0.6) is 0 Å². The van der Waals surface area contributed by atoms with E-state index in [1.54, 1.807) is 13.2 Å². The molecule has 33 heavy (non-hydrogen) atoms. The second kappa shape index (κ2) is 8.21. The summed E-state index contributed by atoms with van der Waals surface area (Å²) in [7, 11) is 1.69. The summed E-state index contributed by atoms with van der Waals surface area (Å²) < 4.78 is 26.0. The van der Waals surface area contributed by atoms with Crippen molar-refractivity contribution in [1.82, 2.24) is 4.90 Å². The lowest BCUT2D eigenvalue weighted by atomic mass is 9.49. The molecular formula is C26H37FN2O4. The van der Waals surface area contributed by atoms with Gasteiger partial charge in [-0.3, -0.25) is 9.69 Å². The zero-order chi connectivity index (χ0) is 23.4. The second-order valence-electron chi connectivity index (χ2n) is 11.1. The molecular weight excluding hydrogens is 423 g/mol. The third-order valence-corrected chi connectivity index (χ3v) is 9.47. The molecule has 0 radical (unpaired) electrons. The van der Waals surface area contributed by atoms with Gasteiger partial charge in [-0.1, -0.05) is 19.1 Å². The highest BCUT2D eigenvalue weighted by Gasteiger charge is 2.67. The Bertz CT molecular complexity index is 906. The van der Waals surface area contributed by atoms with Crippen molar-refractivity contribution >= 4 is 11.7 Å². The number of aliphatic hydroxyl groups is 1. The summed E-state index contributed by atoms with van der Waals surface area (Å²) >= 11 is 0. The minimum Gasteiger partial charge on any atom is -0.462 e. The largest absolute Gasteiger partial charge is 0.462 e. The van der Waals surface area contributed by atoms with Crippen LogP contribution in [0.4, 0.5) is 10.1 Å². The summed E-state index contributed by atoms with van der Waals surface area (Å²) in [5.41, 5.74) is -1.28. The lowest BCUT2D eigenvalue weighted by molar-refractivity contribution is -0.270.